The van der Waals surface area contributed by atoms with Gasteiger partial charge < -0.3 is 14.8 Å². The van der Waals surface area contributed by atoms with Crippen LogP contribution in [0.25, 0.3) is 10.9 Å². The fourth-order valence-corrected chi connectivity index (χ4v) is 3.54. The van der Waals surface area contributed by atoms with Gasteiger partial charge in [0.25, 0.3) is 5.91 Å². The van der Waals surface area contributed by atoms with Crippen molar-refractivity contribution in [2.45, 2.75) is 6.42 Å². The van der Waals surface area contributed by atoms with Crippen LogP contribution >= 0.6 is 23.4 Å². The molecule has 0 fully saturated rings. The summed E-state index contributed by atoms with van der Waals surface area (Å²) in [5, 5.41) is 3.82. The van der Waals surface area contributed by atoms with Gasteiger partial charge in [0.1, 0.15) is 12.1 Å². The monoisotopic (exact) mass is 533 g/mol. The van der Waals surface area contributed by atoms with E-state index in [2.05, 4.69) is 20.3 Å². The molecule has 0 saturated carbocycles. The number of alkyl halides is 1. The van der Waals surface area contributed by atoms with Gasteiger partial charge in [0.05, 0.1) is 31.1 Å². The predicted molar refractivity (Wildman–Crippen MR) is 133 cm³/mol. The summed E-state index contributed by atoms with van der Waals surface area (Å²) < 4.78 is 38.5. The molecule has 36 heavy (non-hydrogen) atoms. The van der Waals surface area contributed by atoms with Crippen molar-refractivity contribution >= 4 is 57.5 Å². The van der Waals surface area contributed by atoms with Crippen LogP contribution in [0.1, 0.15) is 16.8 Å². The number of anilines is 3. The van der Waals surface area contributed by atoms with E-state index in [0.29, 0.717) is 57.2 Å². The number of rotatable bonds is 9. The lowest BCUT2D eigenvalue weighted by Crippen LogP contribution is -2.21. The fraction of sp³-hybridized carbons (Fsp3) is 0.167. The number of hydrogen-bond acceptors (Lipinski definition) is 7. The zero-order valence-electron chi connectivity index (χ0n) is 18.8. The number of nitrogens with one attached hydrogen (secondary N) is 1. The molecular weight excluding hydrogens is 515 g/mol. The van der Waals surface area contributed by atoms with Crippen LogP contribution in [0.4, 0.5) is 26.1 Å². The van der Waals surface area contributed by atoms with Crippen molar-refractivity contribution < 1.29 is 23.0 Å². The van der Waals surface area contributed by atoms with Crippen LogP contribution in [0.2, 0.25) is 0 Å². The van der Waals surface area contributed by atoms with E-state index in [1.54, 1.807) is 18.2 Å². The van der Waals surface area contributed by atoms with E-state index in [4.69, 9.17) is 32.9 Å². The van der Waals surface area contributed by atoms with Crippen molar-refractivity contribution in [3.63, 3.8) is 0 Å². The largest absolute Gasteiger partial charge is 0.493 e. The first-order chi connectivity index (χ1) is 17.4. The highest BCUT2D eigenvalue weighted by Gasteiger charge is 2.19. The third-order valence-electron chi connectivity index (χ3n) is 5.01. The molecule has 186 valence electrons. The number of hydrogen-bond donors (Lipinski definition) is 1. The standard InChI is InChI=1S/C24H19Cl2F2N5O3/c1-35-20-10-16-19(11-21(20)36-8-2-7-25)30-13-31-23(16)32-15-4-6-22(29-12-15)33(26)24(34)14-3-5-17(27)18(28)9-14/h3-6,9-13H,2,7-8H2,1H3,(H,30,31,32). The normalized spacial score (nSPS) is 10.8. The van der Waals surface area contributed by atoms with Crippen LogP contribution in [-0.2, 0) is 0 Å². The molecule has 1 amide bonds. The summed E-state index contributed by atoms with van der Waals surface area (Å²) in [6.07, 6.45) is 3.54. The Morgan fingerprint density at radius 3 is 2.58 bits per heavy atom. The molecule has 0 spiro atoms. The number of fused-ring (bicyclic) bond motifs is 1. The van der Waals surface area contributed by atoms with Gasteiger partial charge >= 0.3 is 0 Å². The Morgan fingerprint density at radius 2 is 1.89 bits per heavy atom. The van der Waals surface area contributed by atoms with E-state index in [1.807, 2.05) is 0 Å². The van der Waals surface area contributed by atoms with Crippen LogP contribution < -0.4 is 19.2 Å². The van der Waals surface area contributed by atoms with Gasteiger partial charge in [-0.3, -0.25) is 4.79 Å². The number of carbonyl (C=O) groups is 1. The van der Waals surface area contributed by atoms with Crippen LogP contribution in [0, 0.1) is 11.6 Å². The highest BCUT2D eigenvalue weighted by Crippen LogP contribution is 2.35. The van der Waals surface area contributed by atoms with E-state index in [1.165, 1.54) is 25.7 Å². The van der Waals surface area contributed by atoms with Gasteiger partial charge in [0.15, 0.2) is 29.0 Å². The first-order valence-corrected chi connectivity index (χ1v) is 11.5. The number of nitrogens with zero attached hydrogens (tertiary/aromatic N) is 4. The van der Waals surface area contributed by atoms with Crippen molar-refractivity contribution in [2.75, 3.05) is 29.3 Å². The molecule has 0 bridgehead atoms. The molecule has 4 rings (SSSR count). The summed E-state index contributed by atoms with van der Waals surface area (Å²) in [5.74, 6) is -0.866. The maximum absolute atomic E-state index is 13.5. The van der Waals surface area contributed by atoms with Crippen LogP contribution in [0.3, 0.4) is 0 Å². The van der Waals surface area contributed by atoms with Crippen LogP contribution in [0.15, 0.2) is 55.0 Å². The number of carbonyl (C=O) groups excluding carboxylic acids is 1. The molecule has 0 unspecified atom stereocenters. The molecule has 4 aromatic rings. The Hall–Kier alpha value is -3.76. The molecule has 8 nitrogen and oxygen atoms in total. The summed E-state index contributed by atoms with van der Waals surface area (Å²) in [5.41, 5.74) is 1.05. The van der Waals surface area contributed by atoms with E-state index in [9.17, 15) is 13.6 Å². The Morgan fingerprint density at radius 1 is 1.06 bits per heavy atom. The number of halogens is 4. The topological polar surface area (TPSA) is 89.5 Å². The molecular formula is C24H19Cl2F2N5O3. The van der Waals surface area contributed by atoms with E-state index in [0.717, 1.165) is 18.2 Å². The molecule has 0 radical (unpaired) electrons. The van der Waals surface area contributed by atoms with E-state index < -0.39 is 17.5 Å². The molecule has 0 atom stereocenters. The van der Waals surface area contributed by atoms with Gasteiger partial charge in [0, 0.05) is 34.7 Å². The van der Waals surface area contributed by atoms with Crippen molar-refractivity contribution in [3.8, 4) is 11.5 Å². The highest BCUT2D eigenvalue weighted by molar-refractivity contribution is 6.38. The molecule has 2 heterocycles. The average molecular weight is 534 g/mol. The SMILES string of the molecule is COc1cc2c(Nc3ccc(N(Cl)C(=O)c4ccc(F)c(F)c4)nc3)ncnc2cc1OCCCCl. The van der Waals surface area contributed by atoms with Gasteiger partial charge in [0.2, 0.25) is 0 Å². The van der Waals surface area contributed by atoms with Gasteiger partial charge in [-0.15, -0.1) is 11.6 Å². The van der Waals surface area contributed by atoms with Crippen molar-refractivity contribution in [2.24, 2.45) is 0 Å². The fourth-order valence-electron chi connectivity index (χ4n) is 3.23. The van der Waals surface area contributed by atoms with Crippen LogP contribution in [0.5, 0.6) is 11.5 Å². The number of ether oxygens (including phenoxy) is 2. The summed E-state index contributed by atoms with van der Waals surface area (Å²) in [4.78, 5) is 25.3. The van der Waals surface area contributed by atoms with E-state index in [-0.39, 0.29) is 11.4 Å². The molecule has 1 N–H and O–H groups in total. The Balaban J connectivity index is 1.54. The zero-order chi connectivity index (χ0) is 25.7. The second-order valence-electron chi connectivity index (χ2n) is 7.38. The second kappa shape index (κ2) is 11.3. The first kappa shape index (κ1) is 25.3. The molecule has 2 aromatic heterocycles. The average Bonchev–Trinajstić information content (AvgIpc) is 2.89. The maximum Gasteiger partial charge on any atom is 0.274 e. The summed E-state index contributed by atoms with van der Waals surface area (Å²) in [6.45, 7) is 0.440. The summed E-state index contributed by atoms with van der Waals surface area (Å²) >= 11 is 11.8. The molecule has 0 aliphatic heterocycles. The Bertz CT molecular complexity index is 1390. The van der Waals surface area contributed by atoms with Crippen molar-refractivity contribution in [1.82, 2.24) is 15.0 Å². The number of aromatic nitrogens is 3. The number of amides is 1. The second-order valence-corrected chi connectivity index (χ2v) is 8.09. The third kappa shape index (κ3) is 5.55. The number of benzene rings is 2. The smallest absolute Gasteiger partial charge is 0.274 e. The van der Waals surface area contributed by atoms with Gasteiger partial charge in [-0.25, -0.2) is 23.7 Å². The lowest BCUT2D eigenvalue weighted by Gasteiger charge is -2.15. The van der Waals surface area contributed by atoms with Gasteiger partial charge in [-0.05, 0) is 42.8 Å². The predicted octanol–water partition coefficient (Wildman–Crippen LogP) is 5.86. The molecule has 12 heteroatoms. The third-order valence-corrected chi connectivity index (χ3v) is 5.61. The number of methoxy groups -OCH3 is 1. The summed E-state index contributed by atoms with van der Waals surface area (Å²) in [7, 11) is 1.54. The Kier molecular flexibility index (Phi) is 7.97. The highest BCUT2D eigenvalue weighted by atomic mass is 35.5. The van der Waals surface area contributed by atoms with Gasteiger partial charge in [-0.2, -0.15) is 4.42 Å². The minimum Gasteiger partial charge on any atom is -0.493 e. The summed E-state index contributed by atoms with van der Waals surface area (Å²) in [6, 6.07) is 9.39. The Labute approximate surface area is 214 Å². The number of pyridine rings is 1. The lowest BCUT2D eigenvalue weighted by atomic mass is 10.2. The van der Waals surface area contributed by atoms with Crippen LogP contribution in [-0.4, -0.2) is 40.5 Å². The lowest BCUT2D eigenvalue weighted by molar-refractivity contribution is 0.100. The maximum atomic E-state index is 13.5. The van der Waals surface area contributed by atoms with Gasteiger partial charge in [-0.1, -0.05) is 0 Å². The first-order valence-electron chi connectivity index (χ1n) is 10.6. The van der Waals surface area contributed by atoms with Crippen molar-refractivity contribution in [3.05, 3.63) is 72.2 Å². The molecule has 0 saturated heterocycles. The zero-order valence-corrected chi connectivity index (χ0v) is 20.4. The molecule has 0 aliphatic carbocycles. The minimum atomic E-state index is -1.15. The molecule has 2 aromatic carbocycles. The van der Waals surface area contributed by atoms with E-state index >= 15 is 0 Å². The quantitative estimate of drug-likeness (QED) is 0.163. The van der Waals surface area contributed by atoms with Crippen molar-refractivity contribution in [1.29, 1.82) is 0 Å². The minimum absolute atomic E-state index is 0.0879. The molecule has 0 aliphatic rings.